The van der Waals surface area contributed by atoms with Crippen molar-refractivity contribution in [2.45, 2.75) is 26.8 Å². The molecule has 9 nitrogen and oxygen atoms in total. The number of anilines is 1. The first-order chi connectivity index (χ1) is 14.1. The van der Waals surface area contributed by atoms with Gasteiger partial charge in [-0.1, -0.05) is 11.6 Å². The largest absolute Gasteiger partial charge is 0.467 e. The van der Waals surface area contributed by atoms with E-state index in [0.717, 1.165) is 18.1 Å². The van der Waals surface area contributed by atoms with Gasteiger partial charge in [-0.3, -0.25) is 24.6 Å². The van der Waals surface area contributed by atoms with Crippen molar-refractivity contribution in [1.82, 2.24) is 0 Å². The number of carbonyl (C=O) groups is 3. The van der Waals surface area contributed by atoms with E-state index >= 15 is 0 Å². The number of ether oxygens (including phenoxy) is 2. The lowest BCUT2D eigenvalue weighted by Crippen LogP contribution is -2.43. The summed E-state index contributed by atoms with van der Waals surface area (Å²) in [6.45, 7) is 3.96. The molecule has 0 aliphatic heterocycles. The molecule has 0 aromatic heterocycles. The number of benzene rings is 2. The highest BCUT2D eigenvalue weighted by atomic mass is 35.5. The zero-order valence-corrected chi connectivity index (χ0v) is 17.4. The van der Waals surface area contributed by atoms with E-state index in [1.54, 1.807) is 0 Å². The Kier molecular flexibility index (Phi) is 7.12. The molecule has 0 fully saturated rings. The number of halogens is 1. The van der Waals surface area contributed by atoms with Gasteiger partial charge in [0.2, 0.25) is 5.91 Å². The number of carbonyl (C=O) groups excluding carboxylic acids is 3. The van der Waals surface area contributed by atoms with Crippen molar-refractivity contribution in [2.75, 3.05) is 12.0 Å². The maximum Gasteiger partial charge on any atom is 0.328 e. The molecule has 0 aliphatic carbocycles. The van der Waals surface area contributed by atoms with Gasteiger partial charge in [-0.25, -0.2) is 4.79 Å². The molecular weight excluding hydrogens is 416 g/mol. The molecule has 2 aromatic rings. The molecule has 1 atom stereocenters. The third-order valence-electron chi connectivity index (χ3n) is 4.24. The van der Waals surface area contributed by atoms with Gasteiger partial charge in [-0.05, 0) is 38.1 Å². The van der Waals surface area contributed by atoms with Crippen molar-refractivity contribution in [2.24, 2.45) is 0 Å². The number of Topliss-reactive ketones (excluding diaryl/α,β-unsaturated/α-hetero) is 1. The highest BCUT2D eigenvalue weighted by Crippen LogP contribution is 2.37. The van der Waals surface area contributed by atoms with E-state index in [9.17, 15) is 24.5 Å². The van der Waals surface area contributed by atoms with Crippen LogP contribution in [0.1, 0.15) is 31.1 Å². The van der Waals surface area contributed by atoms with Gasteiger partial charge in [0.25, 0.3) is 5.69 Å². The van der Waals surface area contributed by atoms with Gasteiger partial charge < -0.3 is 9.47 Å². The van der Waals surface area contributed by atoms with Crippen molar-refractivity contribution >= 4 is 40.6 Å². The van der Waals surface area contributed by atoms with Crippen LogP contribution in [0, 0.1) is 10.1 Å². The van der Waals surface area contributed by atoms with Crippen molar-refractivity contribution in [3.8, 4) is 11.5 Å². The maximum atomic E-state index is 12.2. The van der Waals surface area contributed by atoms with Gasteiger partial charge in [0.05, 0.1) is 17.1 Å². The lowest BCUT2D eigenvalue weighted by Gasteiger charge is -2.26. The number of nitrogens with zero attached hydrogens (tertiary/aromatic N) is 2. The first kappa shape index (κ1) is 22.8. The third kappa shape index (κ3) is 4.93. The minimum atomic E-state index is -1.11. The summed E-state index contributed by atoms with van der Waals surface area (Å²) >= 11 is 6.16. The van der Waals surface area contributed by atoms with Crippen LogP contribution in [0.15, 0.2) is 36.4 Å². The third-order valence-corrected chi connectivity index (χ3v) is 4.53. The van der Waals surface area contributed by atoms with Crippen molar-refractivity contribution in [3.63, 3.8) is 0 Å². The standard InChI is InChI=1S/C20H19ClN2O7/c1-11(20(26)29-4)22(13(3)25)18-10-15(6-7-17(18)23(27)28)30-19-8-5-14(12(2)24)9-16(19)21/h5-11H,1-4H3. The fraction of sp³-hybridized carbons (Fsp3) is 0.250. The predicted molar refractivity (Wildman–Crippen MR) is 109 cm³/mol. The van der Waals surface area contributed by atoms with Crippen LogP contribution >= 0.6 is 11.6 Å². The average molecular weight is 435 g/mol. The SMILES string of the molecule is COC(=O)C(C)N(C(C)=O)c1cc(Oc2ccc(C(C)=O)cc2Cl)ccc1[N+](=O)[O-]. The van der Waals surface area contributed by atoms with Crippen LogP contribution in [0.25, 0.3) is 0 Å². The quantitative estimate of drug-likeness (QED) is 0.278. The molecule has 0 aliphatic rings. The number of amides is 1. The van der Waals surface area contributed by atoms with E-state index < -0.39 is 28.5 Å². The molecule has 158 valence electrons. The van der Waals surface area contributed by atoms with Crippen LogP contribution in [0.2, 0.25) is 5.02 Å². The second kappa shape index (κ2) is 9.36. The number of hydrogen-bond donors (Lipinski definition) is 0. The van der Waals surface area contributed by atoms with Crippen LogP contribution in [0.5, 0.6) is 11.5 Å². The van der Waals surface area contributed by atoms with E-state index in [1.807, 2.05) is 0 Å². The number of esters is 1. The number of nitro benzene ring substituents is 1. The number of methoxy groups -OCH3 is 1. The minimum absolute atomic E-state index is 0.136. The Morgan fingerprint density at radius 3 is 2.30 bits per heavy atom. The molecule has 2 aromatic carbocycles. The summed E-state index contributed by atoms with van der Waals surface area (Å²) in [6.07, 6.45) is 0. The summed E-state index contributed by atoms with van der Waals surface area (Å²) in [5.74, 6) is -1.17. The Bertz CT molecular complexity index is 1020. The van der Waals surface area contributed by atoms with Crippen LogP contribution in [0.4, 0.5) is 11.4 Å². The summed E-state index contributed by atoms with van der Waals surface area (Å²) in [4.78, 5) is 47.4. The summed E-state index contributed by atoms with van der Waals surface area (Å²) in [5.41, 5.74) is -0.142. The Morgan fingerprint density at radius 1 is 1.13 bits per heavy atom. The average Bonchev–Trinajstić information content (AvgIpc) is 2.68. The van der Waals surface area contributed by atoms with E-state index in [1.165, 1.54) is 51.1 Å². The van der Waals surface area contributed by atoms with Gasteiger partial charge in [0, 0.05) is 24.6 Å². The summed E-state index contributed by atoms with van der Waals surface area (Å²) < 4.78 is 10.4. The van der Waals surface area contributed by atoms with Crippen LogP contribution < -0.4 is 9.64 Å². The smallest absolute Gasteiger partial charge is 0.328 e. The second-order valence-electron chi connectivity index (χ2n) is 6.30. The number of nitro groups is 1. The fourth-order valence-corrected chi connectivity index (χ4v) is 2.99. The molecule has 0 spiro atoms. The molecule has 0 saturated heterocycles. The second-order valence-corrected chi connectivity index (χ2v) is 6.71. The lowest BCUT2D eigenvalue weighted by atomic mass is 10.1. The Balaban J connectivity index is 2.52. The summed E-state index contributed by atoms with van der Waals surface area (Å²) in [5, 5.41) is 11.7. The maximum absolute atomic E-state index is 12.2. The van der Waals surface area contributed by atoms with E-state index in [4.69, 9.17) is 16.3 Å². The van der Waals surface area contributed by atoms with Gasteiger partial charge >= 0.3 is 5.97 Å². The molecule has 10 heteroatoms. The van der Waals surface area contributed by atoms with Gasteiger partial charge in [0.15, 0.2) is 5.78 Å². The molecule has 2 rings (SSSR count). The zero-order valence-electron chi connectivity index (χ0n) is 16.7. The zero-order chi connectivity index (χ0) is 22.6. The highest BCUT2D eigenvalue weighted by molar-refractivity contribution is 6.32. The molecule has 30 heavy (non-hydrogen) atoms. The molecule has 0 heterocycles. The highest BCUT2D eigenvalue weighted by Gasteiger charge is 2.31. The van der Waals surface area contributed by atoms with E-state index in [2.05, 4.69) is 4.74 Å². The van der Waals surface area contributed by atoms with Gasteiger partial charge in [0.1, 0.15) is 23.2 Å². The van der Waals surface area contributed by atoms with Gasteiger partial charge in [-0.15, -0.1) is 0 Å². The first-order valence-corrected chi connectivity index (χ1v) is 9.09. The molecule has 0 radical (unpaired) electrons. The van der Waals surface area contributed by atoms with Crippen LogP contribution in [-0.2, 0) is 14.3 Å². The molecule has 1 unspecified atom stereocenters. The minimum Gasteiger partial charge on any atom is -0.467 e. The lowest BCUT2D eigenvalue weighted by molar-refractivity contribution is -0.384. The predicted octanol–water partition coefficient (Wildman–Crippen LogP) is 4.16. The van der Waals surface area contributed by atoms with Crippen molar-refractivity contribution in [3.05, 3.63) is 57.1 Å². The number of rotatable bonds is 7. The molecule has 0 bridgehead atoms. The van der Waals surface area contributed by atoms with Crippen LogP contribution in [0.3, 0.4) is 0 Å². The van der Waals surface area contributed by atoms with Crippen molar-refractivity contribution in [1.29, 1.82) is 0 Å². The van der Waals surface area contributed by atoms with E-state index in [-0.39, 0.29) is 28.0 Å². The van der Waals surface area contributed by atoms with Crippen molar-refractivity contribution < 1.29 is 28.8 Å². The molecular formula is C20H19ClN2O7. The van der Waals surface area contributed by atoms with Gasteiger partial charge in [-0.2, -0.15) is 0 Å². The molecule has 1 amide bonds. The Hall–Kier alpha value is -3.46. The molecule has 0 saturated carbocycles. The van der Waals surface area contributed by atoms with E-state index in [0.29, 0.717) is 5.56 Å². The topological polar surface area (TPSA) is 116 Å². The van der Waals surface area contributed by atoms with Crippen LogP contribution in [-0.4, -0.2) is 35.7 Å². The Morgan fingerprint density at radius 2 is 1.80 bits per heavy atom. The normalized spacial score (nSPS) is 11.4. The summed E-state index contributed by atoms with van der Waals surface area (Å²) in [6, 6.07) is 7.08. The first-order valence-electron chi connectivity index (χ1n) is 8.71. The Labute approximate surface area is 177 Å². The number of hydrogen-bond acceptors (Lipinski definition) is 7. The summed E-state index contributed by atoms with van der Waals surface area (Å²) in [7, 11) is 1.15. The number of ketones is 1. The monoisotopic (exact) mass is 434 g/mol. The fourth-order valence-electron chi connectivity index (χ4n) is 2.77. The molecule has 0 N–H and O–H groups in total.